The fourth-order valence-corrected chi connectivity index (χ4v) is 1.34. The molecule has 0 N–H and O–H groups in total. The lowest BCUT2D eigenvalue weighted by molar-refractivity contribution is -0.671. The molecule has 0 fully saturated rings. The van der Waals surface area contributed by atoms with Crippen molar-refractivity contribution >= 4 is 17.3 Å². The second kappa shape index (κ2) is 3.78. The molecule has 1 heterocycles. The van der Waals surface area contributed by atoms with Gasteiger partial charge >= 0.3 is 16.5 Å². The van der Waals surface area contributed by atoms with Gasteiger partial charge in [-0.15, -0.1) is 0 Å². The zero-order valence-corrected chi connectivity index (χ0v) is 8.42. The highest BCUT2D eigenvalue weighted by molar-refractivity contribution is 6.29. The monoisotopic (exact) mass is 241 g/mol. The Hall–Kier alpha value is -2.15. The van der Waals surface area contributed by atoms with Crippen LogP contribution in [0.15, 0.2) is 28.8 Å². The third-order valence-corrected chi connectivity index (χ3v) is 2.18. The summed E-state index contributed by atoms with van der Waals surface area (Å²) in [6, 6.07) is 5.74. The van der Waals surface area contributed by atoms with Gasteiger partial charge in [0.25, 0.3) is 0 Å². The number of rotatable bonds is 2. The zero-order valence-electron chi connectivity index (χ0n) is 7.66. The molecule has 0 amide bonds. The third-order valence-electron chi connectivity index (χ3n) is 1.87. The minimum absolute atomic E-state index is 0.0725. The first-order valence-electron chi connectivity index (χ1n) is 4.09. The van der Waals surface area contributed by atoms with Gasteiger partial charge in [0.2, 0.25) is 0 Å². The molecule has 16 heavy (non-hydrogen) atoms. The molecular formula is C8H4ClN3O4. The van der Waals surface area contributed by atoms with E-state index in [9.17, 15) is 15.2 Å². The molecule has 0 saturated heterocycles. The Morgan fingerprint density at radius 1 is 1.44 bits per heavy atom. The summed E-state index contributed by atoms with van der Waals surface area (Å²) in [6.45, 7) is 0. The Bertz CT molecular complexity index is 554. The quantitative estimate of drug-likeness (QED) is 0.435. The summed E-state index contributed by atoms with van der Waals surface area (Å²) in [6.07, 6.45) is 0. The molecule has 0 aliphatic rings. The van der Waals surface area contributed by atoms with Crippen molar-refractivity contribution in [2.45, 2.75) is 0 Å². The van der Waals surface area contributed by atoms with Gasteiger partial charge in [0.15, 0.2) is 5.95 Å². The Balaban J connectivity index is 2.64. The lowest BCUT2D eigenvalue weighted by atomic mass is 10.3. The lowest BCUT2D eigenvalue weighted by Crippen LogP contribution is -2.34. The smallest absolute Gasteiger partial charge is 0.342 e. The average Bonchev–Trinajstić information content (AvgIpc) is 2.60. The van der Waals surface area contributed by atoms with E-state index < -0.39 is 10.9 Å². The standard InChI is InChI=1S/C8H4ClN3O4/c9-7-8(13)16-10-11(7)5-3-1-2-4-6(5)12(14)15/h1-4H. The van der Waals surface area contributed by atoms with Gasteiger partial charge in [0.05, 0.1) is 10.2 Å². The maximum absolute atomic E-state index is 10.9. The van der Waals surface area contributed by atoms with E-state index in [0.29, 0.717) is 0 Å². The maximum Gasteiger partial charge on any atom is 0.342 e. The van der Waals surface area contributed by atoms with Crippen LogP contribution in [0.4, 0.5) is 5.69 Å². The summed E-state index contributed by atoms with van der Waals surface area (Å²) in [4.78, 5) is 10.1. The summed E-state index contributed by atoms with van der Waals surface area (Å²) < 4.78 is 5.16. The van der Waals surface area contributed by atoms with Crippen LogP contribution in [0.3, 0.4) is 0 Å². The molecule has 82 valence electrons. The van der Waals surface area contributed by atoms with Crippen molar-refractivity contribution in [2.24, 2.45) is 0 Å². The van der Waals surface area contributed by atoms with Crippen LogP contribution in [0, 0.1) is 10.1 Å². The van der Waals surface area contributed by atoms with Crippen molar-refractivity contribution in [1.29, 1.82) is 0 Å². The second-order valence-corrected chi connectivity index (χ2v) is 3.17. The maximum atomic E-state index is 10.9. The third kappa shape index (κ3) is 1.57. The summed E-state index contributed by atoms with van der Waals surface area (Å²) in [5.41, 5.74) is -0.147. The van der Waals surface area contributed by atoms with Crippen LogP contribution in [0.25, 0.3) is 5.69 Å². The summed E-state index contributed by atoms with van der Waals surface area (Å²) in [7, 11) is 0. The number of nitrogens with zero attached hydrogens (tertiary/aromatic N) is 3. The van der Waals surface area contributed by atoms with Crippen molar-refractivity contribution in [1.82, 2.24) is 5.27 Å². The number of aromatic nitrogens is 2. The predicted octanol–water partition coefficient (Wildman–Crippen LogP) is 0.586. The van der Waals surface area contributed by atoms with Crippen molar-refractivity contribution in [3.05, 3.63) is 39.5 Å². The van der Waals surface area contributed by atoms with E-state index in [4.69, 9.17) is 11.6 Å². The molecule has 0 spiro atoms. The number of benzene rings is 1. The van der Waals surface area contributed by atoms with Crippen LogP contribution in [0.2, 0.25) is 5.15 Å². The van der Waals surface area contributed by atoms with Crippen molar-refractivity contribution < 1.29 is 19.2 Å². The first-order chi connectivity index (χ1) is 7.61. The molecule has 2 aromatic rings. The molecule has 2 rings (SSSR count). The summed E-state index contributed by atoms with van der Waals surface area (Å²) in [5.74, 6) is -0.847. The van der Waals surface area contributed by atoms with Crippen molar-refractivity contribution in [3.8, 4) is 11.6 Å². The van der Waals surface area contributed by atoms with E-state index in [1.807, 2.05) is 0 Å². The van der Waals surface area contributed by atoms with Gasteiger partial charge in [-0.2, -0.15) is 0 Å². The van der Waals surface area contributed by atoms with Crippen LogP contribution in [0.5, 0.6) is 5.95 Å². The van der Waals surface area contributed by atoms with Crippen molar-refractivity contribution in [3.63, 3.8) is 0 Å². The van der Waals surface area contributed by atoms with E-state index in [1.54, 1.807) is 6.07 Å². The van der Waals surface area contributed by atoms with E-state index in [0.717, 1.165) is 4.68 Å². The highest BCUT2D eigenvalue weighted by Gasteiger charge is 2.27. The molecule has 0 bridgehead atoms. The fourth-order valence-electron chi connectivity index (χ4n) is 1.19. The van der Waals surface area contributed by atoms with Crippen LogP contribution < -0.4 is 9.79 Å². The zero-order chi connectivity index (χ0) is 11.7. The first-order valence-corrected chi connectivity index (χ1v) is 4.47. The molecule has 0 saturated carbocycles. The van der Waals surface area contributed by atoms with Crippen LogP contribution in [-0.2, 0) is 0 Å². The predicted molar refractivity (Wildman–Crippen MR) is 49.1 cm³/mol. The molecule has 1 aromatic heterocycles. The van der Waals surface area contributed by atoms with Gasteiger partial charge in [-0.3, -0.25) is 10.1 Å². The average molecular weight is 242 g/mol. The van der Waals surface area contributed by atoms with Gasteiger partial charge < -0.3 is 9.63 Å². The molecule has 0 atom stereocenters. The highest BCUT2D eigenvalue weighted by atomic mass is 35.5. The Kier molecular flexibility index (Phi) is 2.45. The number of hydrogen-bond acceptors (Lipinski definition) is 5. The molecule has 0 aliphatic heterocycles. The SMILES string of the molecule is O=[N+]([O-])c1ccccc1-[n+]1noc([O-])c1Cl. The van der Waals surface area contributed by atoms with Crippen LogP contribution >= 0.6 is 11.6 Å². The molecule has 0 unspecified atom stereocenters. The normalized spacial score (nSPS) is 10.3. The molecule has 8 heteroatoms. The fraction of sp³-hybridized carbons (Fsp3) is 0. The lowest BCUT2D eigenvalue weighted by Gasteiger charge is -1.92. The molecule has 0 aliphatic carbocycles. The van der Waals surface area contributed by atoms with Crippen molar-refractivity contribution in [2.75, 3.05) is 0 Å². The van der Waals surface area contributed by atoms with E-state index in [-0.39, 0.29) is 16.5 Å². The van der Waals surface area contributed by atoms with Gasteiger partial charge in [-0.1, -0.05) is 12.1 Å². The van der Waals surface area contributed by atoms with Gasteiger partial charge in [0, 0.05) is 12.1 Å². The molecular weight excluding hydrogens is 238 g/mol. The molecule has 0 radical (unpaired) electrons. The minimum Gasteiger partial charge on any atom is -0.538 e. The number of para-hydroxylation sites is 2. The first kappa shape index (κ1) is 10.4. The Labute approximate surface area is 93.6 Å². The number of halogens is 1. The number of hydrogen-bond donors (Lipinski definition) is 0. The van der Waals surface area contributed by atoms with Crippen LogP contribution in [0.1, 0.15) is 0 Å². The van der Waals surface area contributed by atoms with E-state index in [2.05, 4.69) is 9.79 Å². The summed E-state index contributed by atoms with van der Waals surface area (Å²) >= 11 is 5.59. The molecule has 7 nitrogen and oxygen atoms in total. The van der Waals surface area contributed by atoms with Gasteiger partial charge in [-0.05, 0) is 16.3 Å². The van der Waals surface area contributed by atoms with E-state index >= 15 is 0 Å². The Morgan fingerprint density at radius 2 is 2.12 bits per heavy atom. The Morgan fingerprint density at radius 3 is 2.69 bits per heavy atom. The second-order valence-electron chi connectivity index (χ2n) is 2.81. The number of nitro groups is 1. The number of nitro benzene ring substituents is 1. The van der Waals surface area contributed by atoms with E-state index in [1.165, 1.54) is 18.2 Å². The highest BCUT2D eigenvalue weighted by Crippen LogP contribution is 2.21. The summed E-state index contributed by atoms with van der Waals surface area (Å²) in [5, 5.41) is 24.7. The largest absolute Gasteiger partial charge is 0.538 e. The van der Waals surface area contributed by atoms with Gasteiger partial charge in [0.1, 0.15) is 0 Å². The van der Waals surface area contributed by atoms with Crippen LogP contribution in [-0.4, -0.2) is 10.2 Å². The van der Waals surface area contributed by atoms with Gasteiger partial charge in [-0.25, -0.2) is 0 Å². The minimum atomic E-state index is -0.847. The molecule has 1 aromatic carbocycles. The topological polar surface area (TPSA) is 96.1 Å².